The average molecular weight is 243 g/mol. The Morgan fingerprint density at radius 2 is 2.06 bits per heavy atom. The van der Waals surface area contributed by atoms with Gasteiger partial charge in [0, 0.05) is 19.3 Å². The molecular weight excluding hydrogens is 222 g/mol. The Morgan fingerprint density at radius 1 is 1.33 bits per heavy atom. The third-order valence-electron chi connectivity index (χ3n) is 4.18. The Hall–Kier alpha value is -1.56. The standard InChI is InChI=1S/C15H21N3/c1-3-12-4-7-14(8-5-12)18(2)15-9-6-13(10-16)11-17-15/h6,9,11-12,14H,3-5,7-8H2,1-2H3. The van der Waals surface area contributed by atoms with Crippen LogP contribution in [0.25, 0.3) is 0 Å². The van der Waals surface area contributed by atoms with Crippen LogP contribution in [0.15, 0.2) is 18.3 Å². The Balaban J connectivity index is 1.98. The number of hydrogen-bond donors (Lipinski definition) is 0. The van der Waals surface area contributed by atoms with Crippen LogP contribution in [0.1, 0.15) is 44.6 Å². The fourth-order valence-corrected chi connectivity index (χ4v) is 2.79. The molecule has 1 heterocycles. The predicted octanol–water partition coefficient (Wildman–Crippen LogP) is 3.36. The van der Waals surface area contributed by atoms with Crippen molar-refractivity contribution in [3.63, 3.8) is 0 Å². The molecule has 0 atom stereocenters. The number of nitrogens with zero attached hydrogens (tertiary/aromatic N) is 3. The van der Waals surface area contributed by atoms with Crippen LogP contribution in [-0.2, 0) is 0 Å². The van der Waals surface area contributed by atoms with Gasteiger partial charge >= 0.3 is 0 Å². The molecule has 96 valence electrons. The van der Waals surface area contributed by atoms with Gasteiger partial charge in [-0.15, -0.1) is 0 Å². The van der Waals surface area contributed by atoms with Crippen LogP contribution < -0.4 is 4.90 Å². The summed E-state index contributed by atoms with van der Waals surface area (Å²) in [7, 11) is 2.12. The lowest BCUT2D eigenvalue weighted by Gasteiger charge is -2.35. The van der Waals surface area contributed by atoms with E-state index in [9.17, 15) is 0 Å². The first-order chi connectivity index (χ1) is 8.74. The first-order valence-corrected chi connectivity index (χ1v) is 6.83. The predicted molar refractivity (Wildman–Crippen MR) is 73.4 cm³/mol. The summed E-state index contributed by atoms with van der Waals surface area (Å²) in [6.45, 7) is 2.29. The molecule has 0 aliphatic heterocycles. The molecule has 1 aliphatic rings. The molecule has 2 rings (SSSR count). The highest BCUT2D eigenvalue weighted by Gasteiger charge is 2.23. The van der Waals surface area contributed by atoms with Gasteiger partial charge in [-0.2, -0.15) is 5.26 Å². The summed E-state index contributed by atoms with van der Waals surface area (Å²) in [6, 6.07) is 6.50. The molecule has 1 aliphatic carbocycles. The van der Waals surface area contributed by atoms with Gasteiger partial charge in [0.25, 0.3) is 0 Å². The summed E-state index contributed by atoms with van der Waals surface area (Å²) in [4.78, 5) is 6.64. The Labute approximate surface area is 109 Å². The van der Waals surface area contributed by atoms with E-state index in [0.29, 0.717) is 11.6 Å². The van der Waals surface area contributed by atoms with Crippen molar-refractivity contribution >= 4 is 5.82 Å². The molecule has 0 aromatic carbocycles. The normalized spacial score (nSPS) is 23.4. The van der Waals surface area contributed by atoms with Crippen molar-refractivity contribution < 1.29 is 0 Å². The number of pyridine rings is 1. The van der Waals surface area contributed by atoms with Gasteiger partial charge < -0.3 is 4.90 Å². The molecule has 0 unspecified atom stereocenters. The Morgan fingerprint density at radius 3 is 2.56 bits per heavy atom. The van der Waals surface area contributed by atoms with E-state index >= 15 is 0 Å². The lowest BCUT2D eigenvalue weighted by molar-refractivity contribution is 0.313. The zero-order chi connectivity index (χ0) is 13.0. The first kappa shape index (κ1) is 12.9. The van der Waals surface area contributed by atoms with E-state index in [1.807, 2.05) is 12.1 Å². The SMILES string of the molecule is CCC1CCC(N(C)c2ccc(C#N)cn2)CC1. The largest absolute Gasteiger partial charge is 0.357 e. The topological polar surface area (TPSA) is 39.9 Å². The monoisotopic (exact) mass is 243 g/mol. The van der Waals surface area contributed by atoms with E-state index in [1.54, 1.807) is 6.20 Å². The highest BCUT2D eigenvalue weighted by atomic mass is 15.2. The van der Waals surface area contributed by atoms with Crippen LogP contribution in [0.2, 0.25) is 0 Å². The molecule has 0 N–H and O–H groups in total. The number of aromatic nitrogens is 1. The molecule has 3 heteroatoms. The number of hydrogen-bond acceptors (Lipinski definition) is 3. The summed E-state index contributed by atoms with van der Waals surface area (Å²) < 4.78 is 0. The van der Waals surface area contributed by atoms with Crippen LogP contribution in [-0.4, -0.2) is 18.1 Å². The van der Waals surface area contributed by atoms with E-state index in [0.717, 1.165) is 11.7 Å². The van der Waals surface area contributed by atoms with Gasteiger partial charge in [-0.1, -0.05) is 13.3 Å². The summed E-state index contributed by atoms with van der Waals surface area (Å²) in [5.41, 5.74) is 0.627. The second-order valence-electron chi connectivity index (χ2n) is 5.21. The number of anilines is 1. The van der Waals surface area contributed by atoms with Crippen LogP contribution in [0.4, 0.5) is 5.82 Å². The number of nitriles is 1. The second-order valence-corrected chi connectivity index (χ2v) is 5.21. The maximum atomic E-state index is 8.77. The summed E-state index contributed by atoms with van der Waals surface area (Å²) in [5, 5.41) is 8.77. The highest BCUT2D eigenvalue weighted by Crippen LogP contribution is 2.30. The lowest BCUT2D eigenvalue weighted by Crippen LogP contribution is -2.35. The molecule has 1 fully saturated rings. The van der Waals surface area contributed by atoms with Crippen LogP contribution in [0, 0.1) is 17.2 Å². The van der Waals surface area contributed by atoms with Crippen molar-refractivity contribution in [2.45, 2.75) is 45.1 Å². The zero-order valence-electron chi connectivity index (χ0n) is 11.3. The van der Waals surface area contributed by atoms with Crippen molar-refractivity contribution in [2.24, 2.45) is 5.92 Å². The minimum atomic E-state index is 0.605. The summed E-state index contributed by atoms with van der Waals surface area (Å²) >= 11 is 0. The fraction of sp³-hybridized carbons (Fsp3) is 0.600. The molecule has 0 spiro atoms. The molecule has 0 radical (unpaired) electrons. The molecular formula is C15H21N3. The third kappa shape index (κ3) is 2.81. The molecule has 3 nitrogen and oxygen atoms in total. The van der Waals surface area contributed by atoms with E-state index < -0.39 is 0 Å². The van der Waals surface area contributed by atoms with Crippen LogP contribution in [0.5, 0.6) is 0 Å². The van der Waals surface area contributed by atoms with E-state index in [4.69, 9.17) is 5.26 Å². The quantitative estimate of drug-likeness (QED) is 0.817. The zero-order valence-corrected chi connectivity index (χ0v) is 11.3. The molecule has 0 bridgehead atoms. The van der Waals surface area contributed by atoms with Crippen molar-refractivity contribution in [2.75, 3.05) is 11.9 Å². The second kappa shape index (κ2) is 5.86. The first-order valence-electron chi connectivity index (χ1n) is 6.83. The minimum absolute atomic E-state index is 0.605. The maximum absolute atomic E-state index is 8.77. The van der Waals surface area contributed by atoms with Gasteiger partial charge in [0.2, 0.25) is 0 Å². The van der Waals surface area contributed by atoms with Gasteiger partial charge in [-0.3, -0.25) is 0 Å². The van der Waals surface area contributed by atoms with Crippen LogP contribution in [0.3, 0.4) is 0 Å². The minimum Gasteiger partial charge on any atom is -0.357 e. The molecule has 18 heavy (non-hydrogen) atoms. The third-order valence-corrected chi connectivity index (χ3v) is 4.18. The van der Waals surface area contributed by atoms with Crippen molar-refractivity contribution in [3.8, 4) is 6.07 Å². The molecule has 1 saturated carbocycles. The number of rotatable bonds is 3. The Bertz CT molecular complexity index is 410. The average Bonchev–Trinajstić information content (AvgIpc) is 2.47. The highest BCUT2D eigenvalue weighted by molar-refractivity contribution is 5.42. The summed E-state index contributed by atoms with van der Waals surface area (Å²) in [5.74, 6) is 1.90. The van der Waals surface area contributed by atoms with Gasteiger partial charge in [-0.05, 0) is 43.7 Å². The maximum Gasteiger partial charge on any atom is 0.128 e. The Kier molecular flexibility index (Phi) is 4.19. The smallest absolute Gasteiger partial charge is 0.128 e. The summed E-state index contributed by atoms with van der Waals surface area (Å²) in [6.07, 6.45) is 8.16. The lowest BCUT2D eigenvalue weighted by atomic mass is 9.84. The van der Waals surface area contributed by atoms with Gasteiger partial charge in [-0.25, -0.2) is 4.98 Å². The van der Waals surface area contributed by atoms with E-state index in [2.05, 4.69) is 29.9 Å². The molecule has 0 amide bonds. The van der Waals surface area contributed by atoms with Crippen LogP contribution >= 0.6 is 0 Å². The van der Waals surface area contributed by atoms with E-state index in [1.165, 1.54) is 32.1 Å². The fourth-order valence-electron chi connectivity index (χ4n) is 2.79. The molecule has 0 saturated heterocycles. The van der Waals surface area contributed by atoms with Gasteiger partial charge in [0.1, 0.15) is 11.9 Å². The van der Waals surface area contributed by atoms with E-state index in [-0.39, 0.29) is 0 Å². The van der Waals surface area contributed by atoms with Crippen molar-refractivity contribution in [1.29, 1.82) is 5.26 Å². The van der Waals surface area contributed by atoms with Gasteiger partial charge in [0.15, 0.2) is 0 Å². The van der Waals surface area contributed by atoms with Crippen molar-refractivity contribution in [1.82, 2.24) is 4.98 Å². The van der Waals surface area contributed by atoms with Crippen molar-refractivity contribution in [3.05, 3.63) is 23.9 Å². The molecule has 1 aromatic heterocycles. The van der Waals surface area contributed by atoms with Gasteiger partial charge in [0.05, 0.1) is 5.56 Å². The molecule has 1 aromatic rings.